The van der Waals surface area contributed by atoms with Crippen LogP contribution in [0.2, 0.25) is 0 Å². The molecule has 0 unspecified atom stereocenters. The maximum Gasteiger partial charge on any atom is 0.242 e. The van der Waals surface area contributed by atoms with Gasteiger partial charge in [-0.2, -0.15) is 5.10 Å². The summed E-state index contributed by atoms with van der Waals surface area (Å²) in [7, 11) is 0. The monoisotopic (exact) mass is 250 g/mol. The predicted octanol–water partition coefficient (Wildman–Crippen LogP) is 0.758. The Kier molecular flexibility index (Phi) is 3.71. The molecule has 1 amide bonds. The van der Waals surface area contributed by atoms with E-state index in [1.807, 2.05) is 19.9 Å². The maximum absolute atomic E-state index is 12.1. The van der Waals surface area contributed by atoms with Gasteiger partial charge in [-0.1, -0.05) is 0 Å². The van der Waals surface area contributed by atoms with Crippen molar-refractivity contribution in [2.45, 2.75) is 45.7 Å². The molecule has 0 radical (unpaired) electrons. The van der Waals surface area contributed by atoms with Crippen molar-refractivity contribution in [3.05, 3.63) is 17.5 Å². The van der Waals surface area contributed by atoms with Crippen LogP contribution in [-0.2, 0) is 11.3 Å². The Labute approximate surface area is 108 Å². The fourth-order valence-corrected chi connectivity index (χ4v) is 2.45. The molecular weight excluding hydrogens is 228 g/mol. The Morgan fingerprint density at radius 2 is 2.17 bits per heavy atom. The van der Waals surface area contributed by atoms with E-state index in [2.05, 4.69) is 22.7 Å². The van der Waals surface area contributed by atoms with Gasteiger partial charge in [-0.3, -0.25) is 9.48 Å². The molecule has 0 bridgehead atoms. The first-order chi connectivity index (χ1) is 8.48. The molecule has 0 aromatic carbocycles. The van der Waals surface area contributed by atoms with Gasteiger partial charge in [-0.05, 0) is 52.8 Å². The molecular formula is C13H22N4O. The Balaban J connectivity index is 1.94. The second-order valence-corrected chi connectivity index (χ2v) is 5.44. The van der Waals surface area contributed by atoms with E-state index in [1.165, 1.54) is 0 Å². The van der Waals surface area contributed by atoms with Gasteiger partial charge in [-0.15, -0.1) is 0 Å². The molecule has 2 rings (SSSR count). The topological polar surface area (TPSA) is 59.0 Å². The van der Waals surface area contributed by atoms with Crippen LogP contribution >= 0.6 is 0 Å². The minimum atomic E-state index is -0.0710. The SMILES string of the molecule is Cc1cc(C)n(CC(=O)NC2(C)CCNCC2)n1. The highest BCUT2D eigenvalue weighted by molar-refractivity contribution is 5.76. The van der Waals surface area contributed by atoms with Crippen molar-refractivity contribution >= 4 is 5.91 Å². The van der Waals surface area contributed by atoms with E-state index in [4.69, 9.17) is 0 Å². The van der Waals surface area contributed by atoms with Crippen LogP contribution in [0.25, 0.3) is 0 Å². The Morgan fingerprint density at radius 1 is 1.50 bits per heavy atom. The predicted molar refractivity (Wildman–Crippen MR) is 70.4 cm³/mol. The highest BCUT2D eigenvalue weighted by Crippen LogP contribution is 2.17. The molecule has 1 aliphatic heterocycles. The lowest BCUT2D eigenvalue weighted by atomic mass is 9.90. The molecule has 0 atom stereocenters. The van der Waals surface area contributed by atoms with Gasteiger partial charge >= 0.3 is 0 Å². The van der Waals surface area contributed by atoms with Crippen LogP contribution in [0.1, 0.15) is 31.2 Å². The molecule has 0 saturated carbocycles. The van der Waals surface area contributed by atoms with Crippen molar-refractivity contribution in [2.75, 3.05) is 13.1 Å². The van der Waals surface area contributed by atoms with E-state index >= 15 is 0 Å². The summed E-state index contributed by atoms with van der Waals surface area (Å²) in [5.41, 5.74) is 1.91. The van der Waals surface area contributed by atoms with Crippen molar-refractivity contribution in [2.24, 2.45) is 0 Å². The third-order valence-electron chi connectivity index (χ3n) is 3.55. The number of hydrogen-bond donors (Lipinski definition) is 2. The fraction of sp³-hybridized carbons (Fsp3) is 0.692. The van der Waals surface area contributed by atoms with Crippen molar-refractivity contribution in [3.63, 3.8) is 0 Å². The molecule has 0 spiro atoms. The largest absolute Gasteiger partial charge is 0.349 e. The van der Waals surface area contributed by atoms with Crippen LogP contribution in [0.4, 0.5) is 0 Å². The number of nitrogens with one attached hydrogen (secondary N) is 2. The second-order valence-electron chi connectivity index (χ2n) is 5.44. The molecule has 100 valence electrons. The average molecular weight is 250 g/mol. The van der Waals surface area contributed by atoms with Gasteiger partial charge in [0.1, 0.15) is 6.54 Å². The minimum absolute atomic E-state index is 0.0469. The summed E-state index contributed by atoms with van der Waals surface area (Å²) in [6.45, 7) is 8.28. The first-order valence-electron chi connectivity index (χ1n) is 6.51. The maximum atomic E-state index is 12.1. The van der Waals surface area contributed by atoms with Gasteiger partial charge in [0.05, 0.1) is 5.69 Å². The van der Waals surface area contributed by atoms with Gasteiger partial charge < -0.3 is 10.6 Å². The number of piperidine rings is 1. The van der Waals surface area contributed by atoms with Crippen LogP contribution in [0.5, 0.6) is 0 Å². The number of carbonyl (C=O) groups excluding carboxylic acids is 1. The van der Waals surface area contributed by atoms with E-state index in [-0.39, 0.29) is 11.4 Å². The normalized spacial score (nSPS) is 18.6. The van der Waals surface area contributed by atoms with Gasteiger partial charge in [0, 0.05) is 11.2 Å². The summed E-state index contributed by atoms with van der Waals surface area (Å²) >= 11 is 0. The molecule has 1 aromatic rings. The number of rotatable bonds is 3. The number of aromatic nitrogens is 2. The van der Waals surface area contributed by atoms with Gasteiger partial charge in [0.15, 0.2) is 0 Å². The van der Waals surface area contributed by atoms with Crippen LogP contribution in [0.15, 0.2) is 6.07 Å². The van der Waals surface area contributed by atoms with Gasteiger partial charge in [0.2, 0.25) is 5.91 Å². The Bertz CT molecular complexity index is 432. The van der Waals surface area contributed by atoms with Gasteiger partial charge in [-0.25, -0.2) is 0 Å². The number of aryl methyl sites for hydroxylation is 2. The Morgan fingerprint density at radius 3 is 2.72 bits per heavy atom. The van der Waals surface area contributed by atoms with Gasteiger partial charge in [0.25, 0.3) is 0 Å². The summed E-state index contributed by atoms with van der Waals surface area (Å²) in [6, 6.07) is 1.99. The van der Waals surface area contributed by atoms with Crippen LogP contribution in [0, 0.1) is 13.8 Å². The van der Waals surface area contributed by atoms with E-state index in [0.29, 0.717) is 6.54 Å². The summed E-state index contributed by atoms with van der Waals surface area (Å²) < 4.78 is 1.76. The molecule has 1 fully saturated rings. The van der Waals surface area contributed by atoms with E-state index in [0.717, 1.165) is 37.3 Å². The van der Waals surface area contributed by atoms with Crippen molar-refractivity contribution < 1.29 is 4.79 Å². The third kappa shape index (κ3) is 3.10. The molecule has 5 heteroatoms. The molecule has 2 heterocycles. The number of amides is 1. The van der Waals surface area contributed by atoms with E-state index < -0.39 is 0 Å². The number of carbonyl (C=O) groups is 1. The standard InChI is InChI=1S/C13H22N4O/c1-10-8-11(2)17(16-10)9-12(18)15-13(3)4-6-14-7-5-13/h8,14H,4-7,9H2,1-3H3,(H,15,18). The zero-order valence-electron chi connectivity index (χ0n) is 11.4. The molecule has 2 N–H and O–H groups in total. The zero-order valence-corrected chi connectivity index (χ0v) is 11.4. The summed E-state index contributed by atoms with van der Waals surface area (Å²) in [4.78, 5) is 12.1. The lowest BCUT2D eigenvalue weighted by Crippen LogP contribution is -2.53. The summed E-state index contributed by atoms with van der Waals surface area (Å²) in [6.07, 6.45) is 1.96. The third-order valence-corrected chi connectivity index (χ3v) is 3.55. The number of nitrogens with zero attached hydrogens (tertiary/aromatic N) is 2. The quantitative estimate of drug-likeness (QED) is 0.832. The van der Waals surface area contributed by atoms with E-state index in [9.17, 15) is 4.79 Å². The lowest BCUT2D eigenvalue weighted by Gasteiger charge is -2.35. The molecule has 18 heavy (non-hydrogen) atoms. The second kappa shape index (κ2) is 5.10. The van der Waals surface area contributed by atoms with E-state index in [1.54, 1.807) is 4.68 Å². The Hall–Kier alpha value is -1.36. The highest BCUT2D eigenvalue weighted by atomic mass is 16.2. The highest BCUT2D eigenvalue weighted by Gasteiger charge is 2.28. The molecule has 5 nitrogen and oxygen atoms in total. The summed E-state index contributed by atoms with van der Waals surface area (Å²) in [5, 5.41) is 10.8. The van der Waals surface area contributed by atoms with Crippen molar-refractivity contribution in [1.29, 1.82) is 0 Å². The lowest BCUT2D eigenvalue weighted by molar-refractivity contribution is -0.124. The molecule has 1 aromatic heterocycles. The first-order valence-corrected chi connectivity index (χ1v) is 6.51. The van der Waals surface area contributed by atoms with Crippen LogP contribution in [-0.4, -0.2) is 34.3 Å². The van der Waals surface area contributed by atoms with Crippen molar-refractivity contribution in [3.8, 4) is 0 Å². The molecule has 1 aliphatic rings. The smallest absolute Gasteiger partial charge is 0.242 e. The van der Waals surface area contributed by atoms with Crippen LogP contribution < -0.4 is 10.6 Å². The molecule has 1 saturated heterocycles. The van der Waals surface area contributed by atoms with Crippen molar-refractivity contribution in [1.82, 2.24) is 20.4 Å². The average Bonchev–Trinajstić information content (AvgIpc) is 2.57. The fourth-order valence-electron chi connectivity index (χ4n) is 2.45. The first kappa shape index (κ1) is 13.1. The minimum Gasteiger partial charge on any atom is -0.349 e. The molecule has 0 aliphatic carbocycles. The number of hydrogen-bond acceptors (Lipinski definition) is 3. The zero-order chi connectivity index (χ0) is 13.2. The van der Waals surface area contributed by atoms with Crippen LogP contribution in [0.3, 0.4) is 0 Å². The summed E-state index contributed by atoms with van der Waals surface area (Å²) in [5.74, 6) is 0.0469.